The molecule has 0 saturated heterocycles. The summed E-state index contributed by atoms with van der Waals surface area (Å²) in [6.45, 7) is 1.78. The van der Waals surface area contributed by atoms with E-state index in [4.69, 9.17) is 4.74 Å². The lowest BCUT2D eigenvalue weighted by Gasteiger charge is -2.12. The van der Waals surface area contributed by atoms with E-state index in [-0.39, 0.29) is 13.2 Å². The third kappa shape index (κ3) is 3.77. The first-order chi connectivity index (χ1) is 14.0. The van der Waals surface area contributed by atoms with Crippen LogP contribution in [-0.2, 0) is 22.7 Å². The van der Waals surface area contributed by atoms with Crippen LogP contribution >= 0.6 is 11.3 Å². The molecule has 7 heteroatoms. The molecule has 0 aliphatic rings. The molecule has 4 rings (SSSR count). The fourth-order valence-corrected chi connectivity index (χ4v) is 3.90. The molecule has 0 N–H and O–H groups in total. The van der Waals surface area contributed by atoms with E-state index in [1.165, 1.54) is 15.9 Å². The topological polar surface area (TPSA) is 70.3 Å². The highest BCUT2D eigenvalue weighted by Crippen LogP contribution is 2.17. The predicted octanol–water partition coefficient (Wildman–Crippen LogP) is 3.27. The number of aryl methyl sites for hydroxylation is 1. The SMILES string of the molecule is Cc1ccc(-n2c(=O)c3sccc3n(CC(=O)OCc3ccccc3)c2=O)cc1. The van der Waals surface area contributed by atoms with Gasteiger partial charge >= 0.3 is 11.7 Å². The Balaban J connectivity index is 1.71. The average molecular weight is 406 g/mol. The van der Waals surface area contributed by atoms with Crippen LogP contribution in [0.3, 0.4) is 0 Å². The van der Waals surface area contributed by atoms with Crippen molar-refractivity contribution in [2.75, 3.05) is 0 Å². The van der Waals surface area contributed by atoms with Crippen molar-refractivity contribution in [1.82, 2.24) is 9.13 Å². The first-order valence-corrected chi connectivity index (χ1v) is 9.92. The lowest BCUT2D eigenvalue weighted by molar-refractivity contribution is -0.145. The molecule has 4 aromatic rings. The fraction of sp³-hybridized carbons (Fsp3) is 0.136. The Morgan fingerprint density at radius 1 is 1.00 bits per heavy atom. The summed E-state index contributed by atoms with van der Waals surface area (Å²) in [7, 11) is 0. The maximum atomic E-state index is 13.1. The normalized spacial score (nSPS) is 10.9. The molecular weight excluding hydrogens is 388 g/mol. The van der Waals surface area contributed by atoms with E-state index in [1.807, 2.05) is 49.4 Å². The highest BCUT2D eigenvalue weighted by Gasteiger charge is 2.18. The zero-order valence-electron chi connectivity index (χ0n) is 15.7. The minimum Gasteiger partial charge on any atom is -0.459 e. The lowest BCUT2D eigenvalue weighted by atomic mass is 10.2. The van der Waals surface area contributed by atoms with Gasteiger partial charge in [0.1, 0.15) is 17.9 Å². The number of benzene rings is 2. The molecule has 0 fully saturated rings. The van der Waals surface area contributed by atoms with Gasteiger partial charge in [-0.3, -0.25) is 14.2 Å². The maximum absolute atomic E-state index is 13.1. The second-order valence-corrected chi connectivity index (χ2v) is 7.54. The molecule has 0 radical (unpaired) electrons. The minimum atomic E-state index is -0.568. The van der Waals surface area contributed by atoms with E-state index >= 15 is 0 Å². The van der Waals surface area contributed by atoms with Gasteiger partial charge in [-0.25, -0.2) is 9.36 Å². The molecule has 29 heavy (non-hydrogen) atoms. The van der Waals surface area contributed by atoms with Crippen molar-refractivity contribution in [3.05, 3.63) is 98.0 Å². The Morgan fingerprint density at radius 3 is 2.45 bits per heavy atom. The fourth-order valence-electron chi connectivity index (χ4n) is 3.07. The second-order valence-electron chi connectivity index (χ2n) is 6.63. The number of rotatable bonds is 5. The number of hydrogen-bond acceptors (Lipinski definition) is 5. The molecule has 0 aliphatic carbocycles. The molecule has 2 heterocycles. The van der Waals surface area contributed by atoms with Crippen LogP contribution in [0, 0.1) is 6.92 Å². The van der Waals surface area contributed by atoms with E-state index in [9.17, 15) is 14.4 Å². The van der Waals surface area contributed by atoms with Crippen LogP contribution in [0.4, 0.5) is 0 Å². The van der Waals surface area contributed by atoms with Gasteiger partial charge in [0, 0.05) is 0 Å². The van der Waals surface area contributed by atoms with Gasteiger partial charge in [-0.05, 0) is 36.1 Å². The number of carbonyl (C=O) groups excluding carboxylic acids is 1. The van der Waals surface area contributed by atoms with E-state index in [1.54, 1.807) is 23.6 Å². The van der Waals surface area contributed by atoms with Gasteiger partial charge < -0.3 is 4.74 Å². The molecule has 0 saturated carbocycles. The van der Waals surface area contributed by atoms with Crippen molar-refractivity contribution in [1.29, 1.82) is 0 Å². The smallest absolute Gasteiger partial charge is 0.336 e. The van der Waals surface area contributed by atoms with E-state index in [0.29, 0.717) is 15.9 Å². The first-order valence-electron chi connectivity index (χ1n) is 9.04. The summed E-state index contributed by atoms with van der Waals surface area (Å²) in [4.78, 5) is 38.4. The number of ether oxygens (including phenoxy) is 1. The van der Waals surface area contributed by atoms with Crippen LogP contribution in [0.1, 0.15) is 11.1 Å². The highest BCUT2D eigenvalue weighted by molar-refractivity contribution is 7.17. The summed E-state index contributed by atoms with van der Waals surface area (Å²) in [5.41, 5.74) is 1.82. The molecule has 0 spiro atoms. The monoisotopic (exact) mass is 406 g/mol. The van der Waals surface area contributed by atoms with Crippen LogP contribution in [0.5, 0.6) is 0 Å². The molecule has 0 bridgehead atoms. The number of aromatic nitrogens is 2. The van der Waals surface area contributed by atoms with Gasteiger partial charge in [0.05, 0.1) is 11.2 Å². The predicted molar refractivity (Wildman–Crippen MR) is 113 cm³/mol. The summed E-state index contributed by atoms with van der Waals surface area (Å²) in [6, 6.07) is 18.1. The van der Waals surface area contributed by atoms with Crippen molar-refractivity contribution < 1.29 is 9.53 Å². The Hall–Kier alpha value is -3.45. The third-order valence-corrected chi connectivity index (χ3v) is 5.47. The Kier molecular flexibility index (Phi) is 5.14. The quantitative estimate of drug-likeness (QED) is 0.477. The number of thiophene rings is 1. The van der Waals surface area contributed by atoms with Crippen LogP contribution in [0.15, 0.2) is 75.6 Å². The van der Waals surface area contributed by atoms with Crippen molar-refractivity contribution in [2.45, 2.75) is 20.1 Å². The third-order valence-electron chi connectivity index (χ3n) is 4.58. The van der Waals surface area contributed by atoms with Crippen LogP contribution < -0.4 is 11.2 Å². The largest absolute Gasteiger partial charge is 0.459 e. The van der Waals surface area contributed by atoms with Gasteiger partial charge in [0.15, 0.2) is 0 Å². The Morgan fingerprint density at radius 2 is 1.72 bits per heavy atom. The van der Waals surface area contributed by atoms with Gasteiger partial charge in [0.25, 0.3) is 5.56 Å². The van der Waals surface area contributed by atoms with Gasteiger partial charge in [-0.2, -0.15) is 0 Å². The van der Waals surface area contributed by atoms with Gasteiger partial charge in [-0.1, -0.05) is 48.0 Å². The summed E-state index contributed by atoms with van der Waals surface area (Å²) >= 11 is 1.24. The Bertz CT molecular complexity index is 1280. The number of esters is 1. The van der Waals surface area contributed by atoms with Gasteiger partial charge in [0.2, 0.25) is 0 Å². The van der Waals surface area contributed by atoms with Crippen LogP contribution in [0.25, 0.3) is 15.9 Å². The van der Waals surface area contributed by atoms with E-state index < -0.39 is 17.2 Å². The van der Waals surface area contributed by atoms with Crippen molar-refractivity contribution in [3.8, 4) is 5.69 Å². The summed E-state index contributed by atoms with van der Waals surface area (Å²) < 4.78 is 8.13. The van der Waals surface area contributed by atoms with E-state index in [0.717, 1.165) is 15.7 Å². The summed E-state index contributed by atoms with van der Waals surface area (Å²) in [5.74, 6) is -0.544. The molecule has 6 nitrogen and oxygen atoms in total. The summed E-state index contributed by atoms with van der Waals surface area (Å²) in [5, 5.41) is 1.73. The number of hydrogen-bond donors (Lipinski definition) is 0. The first kappa shape index (κ1) is 18.9. The number of carbonyl (C=O) groups is 1. The molecule has 0 aliphatic heterocycles. The van der Waals surface area contributed by atoms with Gasteiger partial charge in [-0.15, -0.1) is 11.3 Å². The zero-order chi connectivity index (χ0) is 20.4. The highest BCUT2D eigenvalue weighted by atomic mass is 32.1. The standard InChI is InChI=1S/C22H18N2O4S/c1-15-7-9-17(10-8-15)24-21(26)20-18(11-12-29-20)23(22(24)27)13-19(25)28-14-16-5-3-2-4-6-16/h2-12H,13-14H2,1H3. The van der Waals surface area contributed by atoms with E-state index in [2.05, 4.69) is 0 Å². The molecule has 2 aromatic heterocycles. The summed E-state index contributed by atoms with van der Waals surface area (Å²) in [6.07, 6.45) is 0. The molecular formula is C22H18N2O4S. The number of fused-ring (bicyclic) bond motifs is 1. The van der Waals surface area contributed by atoms with Crippen molar-refractivity contribution in [3.63, 3.8) is 0 Å². The minimum absolute atomic E-state index is 0.124. The molecule has 146 valence electrons. The molecule has 2 aromatic carbocycles. The van der Waals surface area contributed by atoms with Crippen LogP contribution in [0.2, 0.25) is 0 Å². The maximum Gasteiger partial charge on any atom is 0.336 e. The molecule has 0 atom stereocenters. The van der Waals surface area contributed by atoms with Crippen molar-refractivity contribution in [2.24, 2.45) is 0 Å². The second kappa shape index (κ2) is 7.89. The molecule has 0 unspecified atom stereocenters. The average Bonchev–Trinajstić information content (AvgIpc) is 3.22. The zero-order valence-corrected chi connectivity index (χ0v) is 16.5. The van der Waals surface area contributed by atoms with Crippen LogP contribution in [-0.4, -0.2) is 15.1 Å². The van der Waals surface area contributed by atoms with Crippen molar-refractivity contribution >= 4 is 27.5 Å². The number of nitrogens with zero attached hydrogens (tertiary/aromatic N) is 2. The molecule has 0 amide bonds. The lowest BCUT2D eigenvalue weighted by Crippen LogP contribution is -2.39. The Labute approximate surface area is 170 Å².